The Balaban J connectivity index is 1.95. The summed E-state index contributed by atoms with van der Waals surface area (Å²) in [6.07, 6.45) is 0.551. The number of carbonyl (C=O) groups excluding carboxylic acids is 2. The molecule has 8 nitrogen and oxygen atoms in total. The number of nitro groups is 1. The predicted molar refractivity (Wildman–Crippen MR) is 87.3 cm³/mol. The lowest BCUT2D eigenvalue weighted by molar-refractivity contribution is -0.384. The molecule has 0 saturated heterocycles. The van der Waals surface area contributed by atoms with Gasteiger partial charge in [0.2, 0.25) is 0 Å². The maximum Gasteiger partial charge on any atom is 0.284 e. The second-order valence-electron chi connectivity index (χ2n) is 5.01. The number of hydrogen-bond donors (Lipinski definition) is 2. The topological polar surface area (TPSA) is 113 Å². The molecule has 24 heavy (non-hydrogen) atoms. The molecule has 0 aliphatic rings. The van der Waals surface area contributed by atoms with Crippen LogP contribution in [-0.4, -0.2) is 40.4 Å². The van der Waals surface area contributed by atoms with Crippen LogP contribution in [0.4, 0.5) is 5.69 Å². The number of amides is 2. The first kappa shape index (κ1) is 17.6. The minimum Gasteiger partial charge on any atom is -0.341 e. The standard InChI is InChI=1S/C15H15N3O5S/c1-17(9-8-10-2-4-11(5-3-10)18(22)23)15(20)13-7-6-12(24-13)14(19)16-21/h2-7,21H,8-9H2,1H3,(H,16,19). The predicted octanol–water partition coefficient (Wildman–Crippen LogP) is 2.09. The van der Waals surface area contributed by atoms with Crippen LogP contribution in [0.5, 0.6) is 0 Å². The Bertz CT molecular complexity index is 757. The van der Waals surface area contributed by atoms with E-state index >= 15 is 0 Å². The zero-order valence-electron chi connectivity index (χ0n) is 12.8. The lowest BCUT2D eigenvalue weighted by Gasteiger charge is -2.16. The summed E-state index contributed by atoms with van der Waals surface area (Å²) in [4.78, 5) is 35.8. The number of non-ortho nitro benzene ring substituents is 1. The first-order valence-corrected chi connectivity index (χ1v) is 7.77. The van der Waals surface area contributed by atoms with E-state index in [1.165, 1.54) is 34.6 Å². The molecule has 0 saturated carbocycles. The number of thiophene rings is 1. The quantitative estimate of drug-likeness (QED) is 0.471. The summed E-state index contributed by atoms with van der Waals surface area (Å²) in [6, 6.07) is 9.16. The molecule has 0 bridgehead atoms. The molecule has 1 aromatic heterocycles. The first-order valence-electron chi connectivity index (χ1n) is 6.95. The highest BCUT2D eigenvalue weighted by Gasteiger charge is 2.16. The van der Waals surface area contributed by atoms with Gasteiger partial charge in [-0.15, -0.1) is 11.3 Å². The van der Waals surface area contributed by atoms with Crippen molar-refractivity contribution >= 4 is 28.8 Å². The van der Waals surface area contributed by atoms with Crippen molar-refractivity contribution in [2.45, 2.75) is 6.42 Å². The van der Waals surface area contributed by atoms with Crippen molar-refractivity contribution in [1.29, 1.82) is 0 Å². The molecule has 0 spiro atoms. The normalized spacial score (nSPS) is 10.2. The van der Waals surface area contributed by atoms with Gasteiger partial charge in [-0.05, 0) is 24.1 Å². The van der Waals surface area contributed by atoms with Gasteiger partial charge in [0.05, 0.1) is 14.7 Å². The zero-order chi connectivity index (χ0) is 17.7. The van der Waals surface area contributed by atoms with Gasteiger partial charge in [-0.2, -0.15) is 0 Å². The van der Waals surface area contributed by atoms with Crippen molar-refractivity contribution in [2.75, 3.05) is 13.6 Å². The highest BCUT2D eigenvalue weighted by molar-refractivity contribution is 7.15. The third-order valence-electron chi connectivity index (χ3n) is 3.37. The van der Waals surface area contributed by atoms with Gasteiger partial charge >= 0.3 is 0 Å². The van der Waals surface area contributed by atoms with Crippen LogP contribution in [-0.2, 0) is 6.42 Å². The highest BCUT2D eigenvalue weighted by Crippen LogP contribution is 2.18. The van der Waals surface area contributed by atoms with E-state index < -0.39 is 10.8 Å². The maximum atomic E-state index is 12.3. The second kappa shape index (κ2) is 7.66. The fourth-order valence-electron chi connectivity index (χ4n) is 2.00. The van der Waals surface area contributed by atoms with Crippen molar-refractivity contribution in [2.24, 2.45) is 0 Å². The van der Waals surface area contributed by atoms with Crippen LogP contribution in [0.1, 0.15) is 24.9 Å². The Labute approximate surface area is 141 Å². The van der Waals surface area contributed by atoms with Gasteiger partial charge < -0.3 is 4.90 Å². The van der Waals surface area contributed by atoms with Crippen molar-refractivity contribution in [1.82, 2.24) is 10.4 Å². The molecular formula is C15H15N3O5S. The molecule has 0 aliphatic heterocycles. The summed E-state index contributed by atoms with van der Waals surface area (Å²) >= 11 is 0.991. The van der Waals surface area contributed by atoms with E-state index in [2.05, 4.69) is 0 Å². The van der Waals surface area contributed by atoms with E-state index in [4.69, 9.17) is 5.21 Å². The molecule has 1 aromatic carbocycles. The molecule has 1 heterocycles. The van der Waals surface area contributed by atoms with Crippen molar-refractivity contribution in [3.63, 3.8) is 0 Å². The molecule has 0 atom stereocenters. The number of nitro benzene ring substituents is 1. The summed E-state index contributed by atoms with van der Waals surface area (Å²) in [5.74, 6) is -0.897. The van der Waals surface area contributed by atoms with Gasteiger partial charge in [0.25, 0.3) is 17.5 Å². The average molecular weight is 349 g/mol. The Hall–Kier alpha value is -2.78. The number of rotatable bonds is 6. The SMILES string of the molecule is CN(CCc1ccc([N+](=O)[O-])cc1)C(=O)c1ccc(C(=O)NO)s1. The van der Waals surface area contributed by atoms with E-state index in [1.807, 2.05) is 0 Å². The van der Waals surface area contributed by atoms with Crippen LogP contribution in [0.15, 0.2) is 36.4 Å². The van der Waals surface area contributed by atoms with Gasteiger partial charge in [-0.3, -0.25) is 24.9 Å². The summed E-state index contributed by atoms with van der Waals surface area (Å²) in [6.45, 7) is 0.427. The molecule has 0 aliphatic carbocycles. The third-order valence-corrected chi connectivity index (χ3v) is 4.44. The zero-order valence-corrected chi connectivity index (χ0v) is 13.6. The van der Waals surface area contributed by atoms with Crippen LogP contribution in [0.2, 0.25) is 0 Å². The minimum atomic E-state index is -0.660. The van der Waals surface area contributed by atoms with Gasteiger partial charge in [0, 0.05) is 25.7 Å². The molecule has 0 radical (unpaired) electrons. The van der Waals surface area contributed by atoms with E-state index in [0.29, 0.717) is 17.8 Å². The van der Waals surface area contributed by atoms with Crippen molar-refractivity contribution in [3.8, 4) is 0 Å². The number of hydroxylamine groups is 1. The maximum absolute atomic E-state index is 12.3. The van der Waals surface area contributed by atoms with E-state index in [1.54, 1.807) is 19.2 Å². The van der Waals surface area contributed by atoms with Crippen molar-refractivity contribution in [3.05, 3.63) is 61.8 Å². The molecule has 2 amide bonds. The van der Waals surface area contributed by atoms with Crippen LogP contribution in [0, 0.1) is 10.1 Å². The molecule has 9 heteroatoms. The number of nitrogens with one attached hydrogen (secondary N) is 1. The summed E-state index contributed by atoms with van der Waals surface area (Å²) in [5.41, 5.74) is 2.43. The molecule has 2 rings (SSSR count). The van der Waals surface area contributed by atoms with Crippen LogP contribution in [0.25, 0.3) is 0 Å². The summed E-state index contributed by atoms with van der Waals surface area (Å²) < 4.78 is 0. The minimum absolute atomic E-state index is 0.0245. The van der Waals surface area contributed by atoms with Crippen LogP contribution >= 0.6 is 11.3 Å². The lowest BCUT2D eigenvalue weighted by atomic mass is 10.1. The van der Waals surface area contributed by atoms with Gasteiger partial charge in [0.1, 0.15) is 0 Å². The first-order chi connectivity index (χ1) is 11.4. The highest BCUT2D eigenvalue weighted by atomic mass is 32.1. The van der Waals surface area contributed by atoms with Gasteiger partial charge in [-0.1, -0.05) is 12.1 Å². The van der Waals surface area contributed by atoms with Gasteiger partial charge in [-0.25, -0.2) is 5.48 Å². The van der Waals surface area contributed by atoms with E-state index in [9.17, 15) is 19.7 Å². The monoisotopic (exact) mass is 349 g/mol. The number of carbonyl (C=O) groups is 2. The molecular weight excluding hydrogens is 334 g/mol. The number of hydrogen-bond acceptors (Lipinski definition) is 6. The molecule has 0 fully saturated rings. The van der Waals surface area contributed by atoms with Crippen LogP contribution < -0.4 is 5.48 Å². The molecule has 2 N–H and O–H groups in total. The van der Waals surface area contributed by atoms with E-state index in [-0.39, 0.29) is 16.5 Å². The lowest BCUT2D eigenvalue weighted by Crippen LogP contribution is -2.28. The fraction of sp³-hybridized carbons (Fsp3) is 0.200. The largest absolute Gasteiger partial charge is 0.341 e. The Morgan fingerprint density at radius 3 is 2.42 bits per heavy atom. The molecule has 126 valence electrons. The smallest absolute Gasteiger partial charge is 0.284 e. The summed E-state index contributed by atoms with van der Waals surface area (Å²) in [7, 11) is 1.64. The fourth-order valence-corrected chi connectivity index (χ4v) is 2.89. The molecule has 2 aromatic rings. The Kier molecular flexibility index (Phi) is 5.61. The van der Waals surface area contributed by atoms with E-state index in [0.717, 1.165) is 16.9 Å². The van der Waals surface area contributed by atoms with Gasteiger partial charge in [0.15, 0.2) is 0 Å². The van der Waals surface area contributed by atoms with Crippen LogP contribution in [0.3, 0.4) is 0 Å². The third kappa shape index (κ3) is 4.15. The Morgan fingerprint density at radius 1 is 1.21 bits per heavy atom. The number of benzene rings is 1. The number of likely N-dealkylation sites (N-methyl/N-ethyl adjacent to an activating group) is 1. The summed E-state index contributed by atoms with van der Waals surface area (Å²) in [5, 5.41) is 19.2. The average Bonchev–Trinajstić information content (AvgIpc) is 3.08. The van der Waals surface area contributed by atoms with Crippen molar-refractivity contribution < 1.29 is 19.7 Å². The second-order valence-corrected chi connectivity index (χ2v) is 6.09. The number of nitrogens with zero attached hydrogens (tertiary/aromatic N) is 2. The molecule has 0 unspecified atom stereocenters. The Morgan fingerprint density at radius 2 is 1.83 bits per heavy atom.